The van der Waals surface area contributed by atoms with Crippen molar-refractivity contribution in [1.29, 1.82) is 0 Å². The molecule has 1 aliphatic rings. The van der Waals surface area contributed by atoms with Crippen molar-refractivity contribution in [1.82, 2.24) is 9.80 Å². The molecule has 1 heterocycles. The molecular formula is C17H34N2O. The van der Waals surface area contributed by atoms with E-state index in [1.54, 1.807) is 0 Å². The van der Waals surface area contributed by atoms with E-state index < -0.39 is 0 Å². The van der Waals surface area contributed by atoms with Crippen LogP contribution in [-0.2, 0) is 4.79 Å². The van der Waals surface area contributed by atoms with Gasteiger partial charge in [0, 0.05) is 31.6 Å². The van der Waals surface area contributed by atoms with Crippen molar-refractivity contribution in [3.8, 4) is 0 Å². The smallest absolute Gasteiger partial charge is 0.222 e. The summed E-state index contributed by atoms with van der Waals surface area (Å²) in [7, 11) is 2.21. The first-order valence-electron chi connectivity index (χ1n) is 8.41. The molecule has 0 atom stereocenters. The number of unbranched alkanes of at least 4 members (excludes halogenated alkanes) is 1. The minimum absolute atomic E-state index is 0.374. The van der Waals surface area contributed by atoms with Gasteiger partial charge in [-0.05, 0) is 46.1 Å². The summed E-state index contributed by atoms with van der Waals surface area (Å²) in [5, 5.41) is 0. The zero-order valence-corrected chi connectivity index (χ0v) is 14.2. The van der Waals surface area contributed by atoms with E-state index in [-0.39, 0.29) is 0 Å². The molecule has 0 aromatic heterocycles. The minimum Gasteiger partial charge on any atom is -0.343 e. The Hall–Kier alpha value is -0.570. The molecule has 3 nitrogen and oxygen atoms in total. The second-order valence-electron chi connectivity index (χ2n) is 7.01. The molecule has 1 aliphatic heterocycles. The van der Waals surface area contributed by atoms with Crippen molar-refractivity contribution in [3.05, 3.63) is 0 Å². The zero-order valence-electron chi connectivity index (χ0n) is 14.2. The summed E-state index contributed by atoms with van der Waals surface area (Å²) < 4.78 is 0. The Kier molecular flexibility index (Phi) is 7.57. The average molecular weight is 282 g/mol. The maximum Gasteiger partial charge on any atom is 0.222 e. The molecule has 0 aromatic rings. The van der Waals surface area contributed by atoms with E-state index in [2.05, 4.69) is 44.5 Å². The third-order valence-electron chi connectivity index (χ3n) is 4.63. The van der Waals surface area contributed by atoms with Gasteiger partial charge >= 0.3 is 0 Å². The molecule has 0 spiro atoms. The van der Waals surface area contributed by atoms with E-state index in [1.165, 1.54) is 12.8 Å². The normalized spacial score (nSPS) is 17.5. The van der Waals surface area contributed by atoms with Crippen LogP contribution in [0.4, 0.5) is 0 Å². The van der Waals surface area contributed by atoms with E-state index in [9.17, 15) is 4.79 Å². The van der Waals surface area contributed by atoms with Crippen LogP contribution in [0.1, 0.15) is 66.2 Å². The van der Waals surface area contributed by atoms with E-state index in [0.717, 1.165) is 44.7 Å². The van der Waals surface area contributed by atoms with Crippen LogP contribution in [0.5, 0.6) is 0 Å². The molecule has 0 aromatic carbocycles. The van der Waals surface area contributed by atoms with Gasteiger partial charge in [0.25, 0.3) is 0 Å². The van der Waals surface area contributed by atoms with Gasteiger partial charge in [0.05, 0.1) is 0 Å². The van der Waals surface area contributed by atoms with Gasteiger partial charge in [-0.2, -0.15) is 0 Å². The fraction of sp³-hybridized carbons (Fsp3) is 0.941. The molecule has 1 fully saturated rings. The number of rotatable bonds is 7. The molecule has 0 unspecified atom stereocenters. The number of carbonyl (C=O) groups is 1. The highest BCUT2D eigenvalue weighted by atomic mass is 16.2. The first-order valence-corrected chi connectivity index (χ1v) is 8.41. The van der Waals surface area contributed by atoms with Gasteiger partial charge in [-0.1, -0.05) is 26.7 Å². The maximum absolute atomic E-state index is 12.2. The summed E-state index contributed by atoms with van der Waals surface area (Å²) in [5.74, 6) is 1.13. The second kappa shape index (κ2) is 8.66. The summed E-state index contributed by atoms with van der Waals surface area (Å²) >= 11 is 0. The molecule has 0 bridgehead atoms. The van der Waals surface area contributed by atoms with Gasteiger partial charge in [0.2, 0.25) is 5.91 Å². The molecule has 1 saturated heterocycles. The fourth-order valence-corrected chi connectivity index (χ4v) is 2.93. The average Bonchev–Trinajstić information content (AvgIpc) is 2.42. The molecule has 0 N–H and O–H groups in total. The maximum atomic E-state index is 12.2. The van der Waals surface area contributed by atoms with Crippen molar-refractivity contribution in [2.24, 2.45) is 5.92 Å². The predicted molar refractivity (Wildman–Crippen MR) is 85.8 cm³/mol. The van der Waals surface area contributed by atoms with E-state index in [4.69, 9.17) is 0 Å². The number of piperidine rings is 1. The lowest BCUT2D eigenvalue weighted by Gasteiger charge is -2.38. The lowest BCUT2D eigenvalue weighted by Crippen LogP contribution is -2.47. The lowest BCUT2D eigenvalue weighted by molar-refractivity contribution is -0.132. The quantitative estimate of drug-likeness (QED) is 0.667. The highest BCUT2D eigenvalue weighted by Crippen LogP contribution is 2.18. The Morgan fingerprint density at radius 2 is 1.75 bits per heavy atom. The Bertz CT molecular complexity index is 281. The van der Waals surface area contributed by atoms with Crippen LogP contribution in [-0.4, -0.2) is 47.9 Å². The van der Waals surface area contributed by atoms with Crippen molar-refractivity contribution in [2.45, 2.75) is 78.3 Å². The summed E-state index contributed by atoms with van der Waals surface area (Å²) in [5.41, 5.74) is 0. The molecule has 118 valence electrons. The topological polar surface area (TPSA) is 23.6 Å². The molecule has 0 aliphatic carbocycles. The van der Waals surface area contributed by atoms with Crippen LogP contribution in [0.15, 0.2) is 0 Å². The SMILES string of the molecule is CC(C)CCCCC(=O)N1CCC(N(C)C(C)C)CC1. The molecule has 3 heteroatoms. The number of amides is 1. The van der Waals surface area contributed by atoms with Crippen LogP contribution in [0, 0.1) is 5.92 Å². The van der Waals surface area contributed by atoms with E-state index >= 15 is 0 Å². The number of hydrogen-bond acceptors (Lipinski definition) is 2. The minimum atomic E-state index is 0.374. The van der Waals surface area contributed by atoms with E-state index in [0.29, 0.717) is 18.0 Å². The lowest BCUT2D eigenvalue weighted by atomic mass is 10.0. The van der Waals surface area contributed by atoms with E-state index in [1.807, 2.05) is 0 Å². The molecular weight excluding hydrogens is 248 g/mol. The van der Waals surface area contributed by atoms with Gasteiger partial charge in [0.1, 0.15) is 0 Å². The molecule has 0 saturated carbocycles. The van der Waals surface area contributed by atoms with Gasteiger partial charge in [-0.15, -0.1) is 0 Å². The van der Waals surface area contributed by atoms with Gasteiger partial charge < -0.3 is 9.80 Å². The molecule has 1 amide bonds. The van der Waals surface area contributed by atoms with Crippen molar-refractivity contribution < 1.29 is 4.79 Å². The number of nitrogens with zero attached hydrogens (tertiary/aromatic N) is 2. The standard InChI is InChI=1S/C17H34N2O/c1-14(2)8-6-7-9-17(20)19-12-10-16(11-13-19)18(5)15(3)4/h14-16H,6-13H2,1-5H3. The Morgan fingerprint density at radius 1 is 1.15 bits per heavy atom. The highest BCUT2D eigenvalue weighted by molar-refractivity contribution is 5.76. The van der Waals surface area contributed by atoms with Crippen molar-refractivity contribution in [3.63, 3.8) is 0 Å². The number of likely N-dealkylation sites (tertiary alicyclic amines) is 1. The Labute approximate surface area is 125 Å². The number of hydrogen-bond donors (Lipinski definition) is 0. The third kappa shape index (κ3) is 5.82. The monoisotopic (exact) mass is 282 g/mol. The summed E-state index contributed by atoms with van der Waals surface area (Å²) in [6.45, 7) is 10.9. The van der Waals surface area contributed by atoms with Gasteiger partial charge in [-0.25, -0.2) is 0 Å². The van der Waals surface area contributed by atoms with Crippen molar-refractivity contribution in [2.75, 3.05) is 20.1 Å². The van der Waals surface area contributed by atoms with Crippen LogP contribution < -0.4 is 0 Å². The van der Waals surface area contributed by atoms with Crippen LogP contribution in [0.3, 0.4) is 0 Å². The summed E-state index contributed by atoms with van der Waals surface area (Å²) in [4.78, 5) is 16.7. The van der Waals surface area contributed by atoms with Crippen molar-refractivity contribution >= 4 is 5.91 Å². The molecule has 1 rings (SSSR count). The Balaban J connectivity index is 2.22. The molecule has 0 radical (unpaired) electrons. The Morgan fingerprint density at radius 3 is 2.25 bits per heavy atom. The van der Waals surface area contributed by atoms with Crippen LogP contribution >= 0.6 is 0 Å². The van der Waals surface area contributed by atoms with Gasteiger partial charge in [-0.3, -0.25) is 4.79 Å². The zero-order chi connectivity index (χ0) is 15.1. The first-order chi connectivity index (χ1) is 9.41. The highest BCUT2D eigenvalue weighted by Gasteiger charge is 2.25. The van der Waals surface area contributed by atoms with Gasteiger partial charge in [0.15, 0.2) is 0 Å². The summed E-state index contributed by atoms with van der Waals surface area (Å²) in [6, 6.07) is 1.25. The van der Waals surface area contributed by atoms with Crippen LogP contribution in [0.2, 0.25) is 0 Å². The number of carbonyl (C=O) groups excluding carboxylic acids is 1. The largest absolute Gasteiger partial charge is 0.343 e. The predicted octanol–water partition coefficient (Wildman–Crippen LogP) is 3.53. The first kappa shape index (κ1) is 17.5. The summed E-state index contributed by atoms with van der Waals surface area (Å²) in [6.07, 6.45) is 6.50. The second-order valence-corrected chi connectivity index (χ2v) is 7.01. The fourth-order valence-electron chi connectivity index (χ4n) is 2.93. The van der Waals surface area contributed by atoms with Crippen LogP contribution in [0.25, 0.3) is 0 Å². The third-order valence-corrected chi connectivity index (χ3v) is 4.63. The molecule has 20 heavy (non-hydrogen) atoms.